The number of halogens is 2. The summed E-state index contributed by atoms with van der Waals surface area (Å²) in [6, 6.07) is 19.3. The summed E-state index contributed by atoms with van der Waals surface area (Å²) >= 11 is 4.44. The molecular weight excluding hydrogens is 690 g/mol. The van der Waals surface area contributed by atoms with Crippen molar-refractivity contribution in [3.63, 3.8) is 0 Å². The Morgan fingerprint density at radius 2 is 1.53 bits per heavy atom. The second-order valence-corrected chi connectivity index (χ2v) is 9.51. The molecule has 1 aromatic heterocycles. The number of hydrazone groups is 1. The first-order valence-corrected chi connectivity index (χ1v) is 12.5. The molecule has 0 spiro atoms. The molecule has 0 bridgehead atoms. The lowest BCUT2D eigenvalue weighted by molar-refractivity contribution is -0.384. The van der Waals surface area contributed by atoms with Gasteiger partial charge in [0.2, 0.25) is 17.8 Å². The first-order chi connectivity index (χ1) is 17.4. The molecular formula is C23H18I2N8O3. The quantitative estimate of drug-likeness (QED) is 0.0836. The van der Waals surface area contributed by atoms with Crippen LogP contribution >= 0.6 is 45.2 Å². The van der Waals surface area contributed by atoms with Crippen molar-refractivity contribution >= 4 is 86.3 Å². The van der Waals surface area contributed by atoms with Crippen LogP contribution in [-0.2, 0) is 0 Å². The Bertz CT molecular complexity index is 1400. The van der Waals surface area contributed by atoms with Crippen molar-refractivity contribution in [3.8, 4) is 5.75 Å². The van der Waals surface area contributed by atoms with Gasteiger partial charge in [0.05, 0.1) is 21.8 Å². The third-order valence-electron chi connectivity index (χ3n) is 4.61. The van der Waals surface area contributed by atoms with Gasteiger partial charge in [0.1, 0.15) is 5.75 Å². The van der Waals surface area contributed by atoms with Gasteiger partial charge in [-0.15, -0.1) is 0 Å². The molecule has 3 aromatic carbocycles. The van der Waals surface area contributed by atoms with E-state index in [2.05, 4.69) is 81.3 Å². The highest BCUT2D eigenvalue weighted by Crippen LogP contribution is 2.27. The van der Waals surface area contributed by atoms with E-state index in [4.69, 9.17) is 4.74 Å². The molecule has 0 aliphatic carbocycles. The predicted octanol–water partition coefficient (Wildman–Crippen LogP) is 5.93. The SMILES string of the molecule is COc1c(I)cc(I)cc1C=NNc1nc(Nc2ccccc2)nc(Nc2ccc([N+](=O)[O-])cc2)n1. The highest BCUT2D eigenvalue weighted by atomic mass is 127. The van der Waals surface area contributed by atoms with E-state index in [-0.39, 0.29) is 23.5 Å². The maximum atomic E-state index is 10.9. The Morgan fingerprint density at radius 3 is 2.14 bits per heavy atom. The zero-order valence-electron chi connectivity index (χ0n) is 18.6. The smallest absolute Gasteiger partial charge is 0.269 e. The predicted molar refractivity (Wildman–Crippen MR) is 156 cm³/mol. The fourth-order valence-corrected chi connectivity index (χ4v) is 5.14. The molecule has 4 aromatic rings. The van der Waals surface area contributed by atoms with Gasteiger partial charge >= 0.3 is 0 Å². The van der Waals surface area contributed by atoms with Crippen molar-refractivity contribution < 1.29 is 9.66 Å². The zero-order chi connectivity index (χ0) is 25.5. The van der Waals surface area contributed by atoms with Crippen molar-refractivity contribution in [3.05, 3.63) is 89.5 Å². The van der Waals surface area contributed by atoms with Crippen LogP contribution in [0.5, 0.6) is 5.75 Å². The van der Waals surface area contributed by atoms with E-state index in [1.807, 2.05) is 42.5 Å². The topological polar surface area (TPSA) is 139 Å². The molecule has 1 heterocycles. The maximum absolute atomic E-state index is 10.9. The molecule has 0 saturated heterocycles. The summed E-state index contributed by atoms with van der Waals surface area (Å²) in [6.07, 6.45) is 1.63. The minimum atomic E-state index is -0.460. The molecule has 0 unspecified atom stereocenters. The molecule has 0 aliphatic heterocycles. The summed E-state index contributed by atoms with van der Waals surface area (Å²) in [5.41, 5.74) is 4.98. The number of nitro benzene ring substituents is 1. The number of nitrogens with zero attached hydrogens (tertiary/aromatic N) is 5. The molecule has 13 heteroatoms. The van der Waals surface area contributed by atoms with Gasteiger partial charge in [-0.25, -0.2) is 5.43 Å². The second-order valence-electron chi connectivity index (χ2n) is 7.11. The number of hydrogen-bond donors (Lipinski definition) is 3. The van der Waals surface area contributed by atoms with Crippen LogP contribution in [0.4, 0.5) is 34.9 Å². The van der Waals surface area contributed by atoms with Gasteiger partial charge in [0, 0.05) is 32.6 Å². The molecule has 4 rings (SSSR count). The van der Waals surface area contributed by atoms with E-state index < -0.39 is 4.92 Å². The number of aromatic nitrogens is 3. The van der Waals surface area contributed by atoms with Gasteiger partial charge in [0.25, 0.3) is 5.69 Å². The Kier molecular flexibility index (Phi) is 8.42. The van der Waals surface area contributed by atoms with Crippen LogP contribution in [-0.4, -0.2) is 33.2 Å². The molecule has 0 amide bonds. The number of anilines is 5. The molecule has 3 N–H and O–H groups in total. The lowest BCUT2D eigenvalue weighted by Crippen LogP contribution is -2.07. The molecule has 0 atom stereocenters. The van der Waals surface area contributed by atoms with Crippen LogP contribution in [0.3, 0.4) is 0 Å². The molecule has 0 fully saturated rings. The van der Waals surface area contributed by atoms with Gasteiger partial charge in [-0.1, -0.05) is 18.2 Å². The summed E-state index contributed by atoms with van der Waals surface area (Å²) in [5, 5.41) is 21.4. The van der Waals surface area contributed by atoms with Crippen LogP contribution in [0, 0.1) is 17.3 Å². The van der Waals surface area contributed by atoms with Crippen molar-refractivity contribution in [2.75, 3.05) is 23.2 Å². The first kappa shape index (κ1) is 25.5. The van der Waals surface area contributed by atoms with Crippen molar-refractivity contribution in [1.29, 1.82) is 0 Å². The van der Waals surface area contributed by atoms with E-state index >= 15 is 0 Å². The number of ether oxygens (including phenoxy) is 1. The van der Waals surface area contributed by atoms with Crippen LogP contribution < -0.4 is 20.8 Å². The number of hydrogen-bond acceptors (Lipinski definition) is 10. The van der Waals surface area contributed by atoms with Crippen LogP contribution in [0.25, 0.3) is 0 Å². The lowest BCUT2D eigenvalue weighted by Gasteiger charge is -2.10. The van der Waals surface area contributed by atoms with Gasteiger partial charge < -0.3 is 15.4 Å². The van der Waals surface area contributed by atoms with Crippen molar-refractivity contribution in [2.24, 2.45) is 5.10 Å². The number of non-ortho nitro benzene ring substituents is 1. The number of nitro groups is 1. The van der Waals surface area contributed by atoms with E-state index in [9.17, 15) is 10.1 Å². The number of nitrogens with one attached hydrogen (secondary N) is 3. The zero-order valence-corrected chi connectivity index (χ0v) is 23.0. The first-order valence-electron chi connectivity index (χ1n) is 10.3. The van der Waals surface area contributed by atoms with Gasteiger partial charge in [-0.2, -0.15) is 20.1 Å². The normalized spacial score (nSPS) is 10.8. The molecule has 182 valence electrons. The van der Waals surface area contributed by atoms with Crippen molar-refractivity contribution in [2.45, 2.75) is 0 Å². The monoisotopic (exact) mass is 708 g/mol. The fraction of sp³-hybridized carbons (Fsp3) is 0.0435. The van der Waals surface area contributed by atoms with Crippen LogP contribution in [0.2, 0.25) is 0 Å². The van der Waals surface area contributed by atoms with E-state index in [0.29, 0.717) is 11.4 Å². The Balaban J connectivity index is 1.60. The number of methoxy groups -OCH3 is 1. The summed E-state index contributed by atoms with van der Waals surface area (Å²) < 4.78 is 7.50. The Morgan fingerprint density at radius 1 is 0.917 bits per heavy atom. The second kappa shape index (κ2) is 11.9. The number of benzene rings is 3. The molecule has 0 saturated carbocycles. The summed E-state index contributed by atoms with van der Waals surface area (Å²) in [7, 11) is 1.61. The fourth-order valence-electron chi connectivity index (χ4n) is 3.03. The Labute approximate surface area is 233 Å². The van der Waals surface area contributed by atoms with E-state index in [1.54, 1.807) is 25.5 Å². The average molecular weight is 708 g/mol. The standard InChI is InChI=1S/C23H18I2N8O3/c1-36-20-14(11-15(24)12-19(20)25)13-26-32-23-30-21(27-16-5-3-2-4-6-16)29-22(31-23)28-17-7-9-18(10-8-17)33(34)35/h2-13H,1H3,(H3,27,28,29,30,31,32). The molecule has 0 radical (unpaired) electrons. The van der Waals surface area contributed by atoms with E-state index in [1.165, 1.54) is 12.1 Å². The van der Waals surface area contributed by atoms with Crippen LogP contribution in [0.15, 0.2) is 71.8 Å². The van der Waals surface area contributed by atoms with Crippen LogP contribution in [0.1, 0.15) is 5.56 Å². The summed E-state index contributed by atoms with van der Waals surface area (Å²) in [4.78, 5) is 23.6. The summed E-state index contributed by atoms with van der Waals surface area (Å²) in [6.45, 7) is 0. The van der Waals surface area contributed by atoms with Gasteiger partial charge in [-0.05, 0) is 81.6 Å². The number of rotatable bonds is 9. The van der Waals surface area contributed by atoms with Gasteiger partial charge in [0.15, 0.2) is 0 Å². The third-order valence-corrected chi connectivity index (χ3v) is 6.03. The van der Waals surface area contributed by atoms with Crippen molar-refractivity contribution in [1.82, 2.24) is 15.0 Å². The highest BCUT2D eigenvalue weighted by Gasteiger charge is 2.10. The largest absolute Gasteiger partial charge is 0.495 e. The third kappa shape index (κ3) is 6.75. The molecule has 0 aliphatic rings. The lowest BCUT2D eigenvalue weighted by atomic mass is 10.2. The molecule has 36 heavy (non-hydrogen) atoms. The number of para-hydroxylation sites is 1. The Hall–Kier alpha value is -3.60. The highest BCUT2D eigenvalue weighted by molar-refractivity contribution is 14.1. The maximum Gasteiger partial charge on any atom is 0.269 e. The summed E-state index contributed by atoms with van der Waals surface area (Å²) in [5.74, 6) is 1.39. The minimum absolute atomic E-state index is 0.0139. The minimum Gasteiger partial charge on any atom is -0.495 e. The average Bonchev–Trinajstić information content (AvgIpc) is 2.85. The van der Waals surface area contributed by atoms with Gasteiger partial charge in [-0.3, -0.25) is 10.1 Å². The molecule has 11 nitrogen and oxygen atoms in total. The van der Waals surface area contributed by atoms with E-state index in [0.717, 1.165) is 18.4 Å².